The number of amides is 1. The van der Waals surface area contributed by atoms with Gasteiger partial charge in [-0.3, -0.25) is 9.59 Å². The van der Waals surface area contributed by atoms with Gasteiger partial charge in [0.25, 0.3) is 11.5 Å². The number of nitrogens with one attached hydrogen (secondary N) is 1. The van der Waals surface area contributed by atoms with Gasteiger partial charge in [0.15, 0.2) is 0 Å². The third-order valence-corrected chi connectivity index (χ3v) is 5.48. The van der Waals surface area contributed by atoms with Crippen LogP contribution in [0.1, 0.15) is 15.9 Å². The molecule has 1 amide bonds. The number of hydrogen-bond donors (Lipinski definition) is 2. The molecule has 0 fully saturated rings. The van der Waals surface area contributed by atoms with E-state index >= 15 is 0 Å². The summed E-state index contributed by atoms with van der Waals surface area (Å²) < 4.78 is 14.9. The zero-order valence-electron chi connectivity index (χ0n) is 18.0. The maximum absolute atomic E-state index is 13.9. The first kappa shape index (κ1) is 23.4. The lowest BCUT2D eigenvalue weighted by Crippen LogP contribution is -2.42. The van der Waals surface area contributed by atoms with Gasteiger partial charge in [-0.25, -0.2) is 4.39 Å². The molecule has 172 valence electrons. The first-order valence-corrected chi connectivity index (χ1v) is 10.9. The molecular weight excluding hydrogens is 457 g/mol. The average Bonchev–Trinajstić information content (AvgIpc) is 2.85. The van der Waals surface area contributed by atoms with Crippen LogP contribution in [0.15, 0.2) is 89.7 Å². The summed E-state index contributed by atoms with van der Waals surface area (Å²) in [5.74, 6) is -1.21. The van der Waals surface area contributed by atoms with E-state index in [-0.39, 0.29) is 17.9 Å². The molecule has 0 spiro atoms. The minimum absolute atomic E-state index is 0.179. The molecule has 4 aromatic rings. The summed E-state index contributed by atoms with van der Waals surface area (Å²) in [7, 11) is 0. The predicted molar refractivity (Wildman–Crippen MR) is 129 cm³/mol. The average molecular weight is 478 g/mol. The summed E-state index contributed by atoms with van der Waals surface area (Å²) in [5, 5.41) is 17.4. The van der Waals surface area contributed by atoms with Crippen molar-refractivity contribution in [2.75, 3.05) is 6.61 Å². The molecule has 0 saturated heterocycles. The molecule has 2 N–H and O–H groups in total. The van der Waals surface area contributed by atoms with Crippen molar-refractivity contribution in [3.8, 4) is 16.9 Å². The van der Waals surface area contributed by atoms with E-state index in [1.165, 1.54) is 24.3 Å². The summed E-state index contributed by atoms with van der Waals surface area (Å²) >= 11 is 5.99. The molecule has 1 atom stereocenters. The fourth-order valence-corrected chi connectivity index (χ4v) is 3.65. The van der Waals surface area contributed by atoms with E-state index in [0.29, 0.717) is 22.7 Å². The minimum atomic E-state index is -0.711. The highest BCUT2D eigenvalue weighted by Gasteiger charge is 2.20. The Kier molecular flexibility index (Phi) is 7.15. The SMILES string of the molecule is O=C(NC(CO)Cc1ccccc1)c1cc(-c2ccc(Cl)cc2)nn(-c2cccc(F)c2)c1=O. The van der Waals surface area contributed by atoms with Crippen molar-refractivity contribution in [1.82, 2.24) is 15.1 Å². The zero-order valence-corrected chi connectivity index (χ0v) is 18.7. The van der Waals surface area contributed by atoms with Crippen molar-refractivity contribution >= 4 is 17.5 Å². The number of benzene rings is 3. The topological polar surface area (TPSA) is 84.2 Å². The molecule has 1 unspecified atom stereocenters. The largest absolute Gasteiger partial charge is 0.394 e. The summed E-state index contributed by atoms with van der Waals surface area (Å²) in [4.78, 5) is 26.4. The van der Waals surface area contributed by atoms with Gasteiger partial charge in [-0.05, 0) is 48.4 Å². The number of halogens is 2. The van der Waals surface area contributed by atoms with Gasteiger partial charge in [0.05, 0.1) is 24.0 Å². The minimum Gasteiger partial charge on any atom is -0.394 e. The second kappa shape index (κ2) is 10.4. The van der Waals surface area contributed by atoms with Gasteiger partial charge in [-0.2, -0.15) is 9.78 Å². The number of carbonyl (C=O) groups is 1. The first-order chi connectivity index (χ1) is 16.4. The summed E-state index contributed by atoms with van der Waals surface area (Å²) in [6.45, 7) is -0.312. The molecule has 1 aromatic heterocycles. The summed E-state index contributed by atoms with van der Waals surface area (Å²) in [6, 6.07) is 22.3. The Labute approximate surface area is 200 Å². The molecule has 4 rings (SSSR count). The van der Waals surface area contributed by atoms with Gasteiger partial charge in [0, 0.05) is 10.6 Å². The van der Waals surface area contributed by atoms with Crippen LogP contribution >= 0.6 is 11.6 Å². The van der Waals surface area contributed by atoms with Gasteiger partial charge >= 0.3 is 0 Å². The molecule has 8 heteroatoms. The molecular formula is C26H21ClFN3O3. The van der Waals surface area contributed by atoms with Gasteiger partial charge < -0.3 is 10.4 Å². The monoisotopic (exact) mass is 477 g/mol. The van der Waals surface area contributed by atoms with Crippen LogP contribution in [0.4, 0.5) is 4.39 Å². The lowest BCUT2D eigenvalue weighted by molar-refractivity contribution is 0.0914. The molecule has 1 heterocycles. The highest BCUT2D eigenvalue weighted by atomic mass is 35.5. The van der Waals surface area contributed by atoms with Crippen LogP contribution < -0.4 is 10.9 Å². The van der Waals surface area contributed by atoms with Crippen LogP contribution in [0.25, 0.3) is 16.9 Å². The van der Waals surface area contributed by atoms with E-state index < -0.39 is 23.3 Å². The number of rotatable bonds is 7. The standard InChI is InChI=1S/C26H21ClFN3O3/c27-19-11-9-18(10-12-19)24-15-23(26(34)31(30-24)22-8-4-7-20(28)14-22)25(33)29-21(16-32)13-17-5-2-1-3-6-17/h1-12,14-15,21,32H,13,16H2,(H,29,33). The molecule has 3 aromatic carbocycles. The number of aromatic nitrogens is 2. The molecule has 0 radical (unpaired) electrons. The van der Waals surface area contributed by atoms with Crippen molar-refractivity contribution in [2.45, 2.75) is 12.5 Å². The van der Waals surface area contributed by atoms with Crippen LogP contribution in [0.2, 0.25) is 5.02 Å². The van der Waals surface area contributed by atoms with E-state index in [2.05, 4.69) is 10.4 Å². The van der Waals surface area contributed by atoms with E-state index in [1.54, 1.807) is 24.3 Å². The second-order valence-corrected chi connectivity index (χ2v) is 8.13. The Morgan fingerprint density at radius 3 is 2.44 bits per heavy atom. The maximum atomic E-state index is 13.9. The van der Waals surface area contributed by atoms with E-state index in [1.807, 2.05) is 30.3 Å². The fourth-order valence-electron chi connectivity index (χ4n) is 3.52. The molecule has 0 aliphatic heterocycles. The van der Waals surface area contributed by atoms with Gasteiger partial charge in [0.2, 0.25) is 0 Å². The molecule has 6 nitrogen and oxygen atoms in total. The van der Waals surface area contributed by atoms with Gasteiger partial charge in [-0.1, -0.05) is 60.1 Å². The molecule has 34 heavy (non-hydrogen) atoms. The quantitative estimate of drug-likeness (QED) is 0.421. The van der Waals surface area contributed by atoms with E-state index in [9.17, 15) is 19.1 Å². The van der Waals surface area contributed by atoms with E-state index in [0.717, 1.165) is 16.3 Å². The molecule has 0 aliphatic rings. The van der Waals surface area contributed by atoms with Crippen LogP contribution in [0.5, 0.6) is 0 Å². The zero-order chi connectivity index (χ0) is 24.1. The van der Waals surface area contributed by atoms with E-state index in [4.69, 9.17) is 11.6 Å². The fraction of sp³-hybridized carbons (Fsp3) is 0.115. The third-order valence-electron chi connectivity index (χ3n) is 5.23. The van der Waals surface area contributed by atoms with Crippen molar-refractivity contribution in [2.24, 2.45) is 0 Å². The van der Waals surface area contributed by atoms with Crippen molar-refractivity contribution in [1.29, 1.82) is 0 Å². The van der Waals surface area contributed by atoms with Crippen molar-refractivity contribution < 1.29 is 14.3 Å². The summed E-state index contributed by atoms with van der Waals surface area (Å²) in [5.41, 5.74) is 1.15. The van der Waals surface area contributed by atoms with Crippen LogP contribution in [0.3, 0.4) is 0 Å². The first-order valence-electron chi connectivity index (χ1n) is 10.6. The predicted octanol–water partition coefficient (Wildman–Crippen LogP) is 4.03. The number of aliphatic hydroxyl groups excluding tert-OH is 1. The molecule has 0 aliphatic carbocycles. The Balaban J connectivity index is 1.75. The lowest BCUT2D eigenvalue weighted by Gasteiger charge is -2.17. The second-order valence-electron chi connectivity index (χ2n) is 7.69. The van der Waals surface area contributed by atoms with Crippen LogP contribution in [-0.2, 0) is 6.42 Å². The Morgan fingerprint density at radius 1 is 1.03 bits per heavy atom. The molecule has 0 saturated carbocycles. The number of nitrogens with zero attached hydrogens (tertiary/aromatic N) is 2. The Hall–Kier alpha value is -3.81. The van der Waals surface area contributed by atoms with Crippen molar-refractivity contribution in [3.05, 3.63) is 117 Å². The Bertz CT molecular complexity index is 1360. The van der Waals surface area contributed by atoms with Gasteiger partial charge in [-0.15, -0.1) is 0 Å². The highest BCUT2D eigenvalue weighted by Crippen LogP contribution is 2.20. The van der Waals surface area contributed by atoms with Crippen LogP contribution in [0, 0.1) is 5.82 Å². The van der Waals surface area contributed by atoms with Crippen LogP contribution in [-0.4, -0.2) is 33.4 Å². The Morgan fingerprint density at radius 2 is 1.76 bits per heavy atom. The summed E-state index contributed by atoms with van der Waals surface area (Å²) in [6.07, 6.45) is 0.385. The van der Waals surface area contributed by atoms with Crippen molar-refractivity contribution in [3.63, 3.8) is 0 Å². The smallest absolute Gasteiger partial charge is 0.284 e. The highest BCUT2D eigenvalue weighted by molar-refractivity contribution is 6.30. The van der Waals surface area contributed by atoms with Gasteiger partial charge in [0.1, 0.15) is 11.4 Å². The molecule has 0 bridgehead atoms. The number of hydrogen-bond acceptors (Lipinski definition) is 4. The third kappa shape index (κ3) is 5.39. The lowest BCUT2D eigenvalue weighted by atomic mass is 10.1. The number of aliphatic hydroxyl groups is 1. The number of carbonyl (C=O) groups excluding carboxylic acids is 1. The maximum Gasteiger partial charge on any atom is 0.284 e. The normalized spacial score (nSPS) is 11.7.